The molecule has 0 aromatic carbocycles. The molecule has 15 heavy (non-hydrogen) atoms. The number of thiol groups is 1. The molecule has 0 bridgehead atoms. The van der Waals surface area contributed by atoms with Crippen LogP contribution in [0.2, 0.25) is 0 Å². The number of aliphatic hydroxyl groups is 3. The summed E-state index contributed by atoms with van der Waals surface area (Å²) in [5.41, 5.74) is 0. The first-order valence-electron chi connectivity index (χ1n) is 4.96. The van der Waals surface area contributed by atoms with E-state index in [1.54, 1.807) is 6.92 Å². The highest BCUT2D eigenvalue weighted by Crippen LogP contribution is 2.26. The molecule has 6 heteroatoms. The SMILES string of the molecule is CC1[C@H](OCCS)OC(CO)C(O)[C@@H]1O. The van der Waals surface area contributed by atoms with E-state index >= 15 is 0 Å². The highest BCUT2D eigenvalue weighted by Gasteiger charge is 2.42. The smallest absolute Gasteiger partial charge is 0.163 e. The maximum absolute atomic E-state index is 9.68. The second kappa shape index (κ2) is 6.03. The van der Waals surface area contributed by atoms with Crippen molar-refractivity contribution in [2.24, 2.45) is 5.92 Å². The molecule has 0 spiro atoms. The Hall–Kier alpha value is 0.150. The van der Waals surface area contributed by atoms with Crippen LogP contribution in [0.4, 0.5) is 0 Å². The molecular formula is C9H18O5S. The standard InChI is InChI=1S/C9H18O5S/c1-5-7(11)8(12)6(4-10)14-9(5)13-2-3-15/h5-12,15H,2-4H2,1H3/t5?,6?,7-,8?,9-/m1/s1. The van der Waals surface area contributed by atoms with E-state index in [2.05, 4.69) is 12.6 Å². The van der Waals surface area contributed by atoms with Gasteiger partial charge in [-0.25, -0.2) is 0 Å². The quantitative estimate of drug-likeness (QED) is 0.473. The molecule has 0 saturated carbocycles. The molecular weight excluding hydrogens is 220 g/mol. The van der Waals surface area contributed by atoms with Crippen LogP contribution in [0, 0.1) is 5.92 Å². The number of aliphatic hydroxyl groups excluding tert-OH is 3. The lowest BCUT2D eigenvalue weighted by atomic mass is 9.92. The molecule has 90 valence electrons. The Kier molecular flexibility index (Phi) is 5.31. The second-order valence-electron chi connectivity index (χ2n) is 3.66. The van der Waals surface area contributed by atoms with Crippen LogP contribution < -0.4 is 0 Å². The normalized spacial score (nSPS) is 41.8. The zero-order chi connectivity index (χ0) is 11.4. The third-order valence-electron chi connectivity index (χ3n) is 2.56. The van der Waals surface area contributed by atoms with E-state index in [0.29, 0.717) is 12.4 Å². The maximum Gasteiger partial charge on any atom is 0.163 e. The molecule has 3 unspecified atom stereocenters. The molecule has 3 N–H and O–H groups in total. The highest BCUT2D eigenvalue weighted by molar-refractivity contribution is 7.80. The molecule has 1 aliphatic rings. The number of hydrogen-bond donors (Lipinski definition) is 4. The number of ether oxygens (including phenoxy) is 2. The maximum atomic E-state index is 9.68. The average Bonchev–Trinajstić information content (AvgIpc) is 2.25. The van der Waals surface area contributed by atoms with E-state index in [4.69, 9.17) is 14.6 Å². The van der Waals surface area contributed by atoms with Gasteiger partial charge in [-0.05, 0) is 0 Å². The van der Waals surface area contributed by atoms with Crippen LogP contribution in [0.5, 0.6) is 0 Å². The fourth-order valence-electron chi connectivity index (χ4n) is 1.58. The fourth-order valence-corrected chi connectivity index (χ4v) is 1.68. The van der Waals surface area contributed by atoms with Gasteiger partial charge in [-0.1, -0.05) is 6.92 Å². The molecule has 1 heterocycles. The minimum Gasteiger partial charge on any atom is -0.394 e. The Morgan fingerprint density at radius 1 is 1.33 bits per heavy atom. The van der Waals surface area contributed by atoms with Crippen molar-refractivity contribution in [3.05, 3.63) is 0 Å². The molecule has 1 aliphatic heterocycles. The summed E-state index contributed by atoms with van der Waals surface area (Å²) < 4.78 is 10.6. The zero-order valence-electron chi connectivity index (χ0n) is 8.61. The Balaban J connectivity index is 2.57. The summed E-state index contributed by atoms with van der Waals surface area (Å²) in [5, 5.41) is 28.2. The van der Waals surface area contributed by atoms with Crippen molar-refractivity contribution in [1.29, 1.82) is 0 Å². The lowest BCUT2D eigenvalue weighted by molar-refractivity contribution is -0.280. The molecule has 5 nitrogen and oxygen atoms in total. The first-order chi connectivity index (χ1) is 7.11. The third-order valence-corrected chi connectivity index (χ3v) is 2.74. The van der Waals surface area contributed by atoms with E-state index in [1.807, 2.05) is 0 Å². The highest BCUT2D eigenvalue weighted by atomic mass is 32.1. The monoisotopic (exact) mass is 238 g/mol. The summed E-state index contributed by atoms with van der Waals surface area (Å²) >= 11 is 3.99. The van der Waals surface area contributed by atoms with Crippen LogP contribution in [0.25, 0.3) is 0 Å². The lowest BCUT2D eigenvalue weighted by Gasteiger charge is -2.40. The fraction of sp³-hybridized carbons (Fsp3) is 1.00. The van der Waals surface area contributed by atoms with E-state index in [9.17, 15) is 10.2 Å². The molecule has 0 radical (unpaired) electrons. The molecule has 1 saturated heterocycles. The van der Waals surface area contributed by atoms with Crippen molar-refractivity contribution in [3.63, 3.8) is 0 Å². The van der Waals surface area contributed by atoms with Crippen LogP contribution >= 0.6 is 12.6 Å². The van der Waals surface area contributed by atoms with Crippen molar-refractivity contribution >= 4 is 12.6 Å². The Morgan fingerprint density at radius 3 is 2.53 bits per heavy atom. The van der Waals surface area contributed by atoms with Crippen LogP contribution in [0.3, 0.4) is 0 Å². The van der Waals surface area contributed by atoms with E-state index in [-0.39, 0.29) is 12.5 Å². The van der Waals surface area contributed by atoms with Crippen molar-refractivity contribution in [2.45, 2.75) is 31.5 Å². The van der Waals surface area contributed by atoms with E-state index in [0.717, 1.165) is 0 Å². The second-order valence-corrected chi connectivity index (χ2v) is 4.11. The van der Waals surface area contributed by atoms with Gasteiger partial charge in [-0.2, -0.15) is 12.6 Å². The van der Waals surface area contributed by atoms with Crippen molar-refractivity contribution in [3.8, 4) is 0 Å². The van der Waals surface area contributed by atoms with Crippen molar-refractivity contribution in [1.82, 2.24) is 0 Å². The summed E-state index contributed by atoms with van der Waals surface area (Å²) in [7, 11) is 0. The topological polar surface area (TPSA) is 79.2 Å². The minimum absolute atomic E-state index is 0.331. The van der Waals surface area contributed by atoms with Gasteiger partial charge in [0, 0.05) is 11.7 Å². The lowest BCUT2D eigenvalue weighted by Crippen LogP contribution is -2.55. The van der Waals surface area contributed by atoms with Crippen LogP contribution in [0.15, 0.2) is 0 Å². The Labute approximate surface area is 94.4 Å². The molecule has 1 rings (SSSR count). The van der Waals surface area contributed by atoms with Gasteiger partial charge in [0.1, 0.15) is 12.2 Å². The van der Waals surface area contributed by atoms with E-state index < -0.39 is 24.6 Å². The predicted octanol–water partition coefficient (Wildman–Crippen LogP) is -0.992. The van der Waals surface area contributed by atoms with Crippen molar-refractivity contribution in [2.75, 3.05) is 19.0 Å². The molecule has 0 aromatic rings. The van der Waals surface area contributed by atoms with Gasteiger partial charge in [0.25, 0.3) is 0 Å². The Bertz CT molecular complexity index is 189. The van der Waals surface area contributed by atoms with Gasteiger partial charge in [0.2, 0.25) is 0 Å². The van der Waals surface area contributed by atoms with Crippen LogP contribution in [-0.2, 0) is 9.47 Å². The average molecular weight is 238 g/mol. The molecule has 1 fully saturated rings. The first-order valence-corrected chi connectivity index (χ1v) is 5.60. The van der Waals surface area contributed by atoms with Gasteiger partial charge in [-0.15, -0.1) is 0 Å². The summed E-state index contributed by atoms with van der Waals surface area (Å²) in [4.78, 5) is 0. The largest absolute Gasteiger partial charge is 0.394 e. The number of rotatable bonds is 4. The van der Waals surface area contributed by atoms with Gasteiger partial charge in [0.05, 0.1) is 19.3 Å². The molecule has 5 atom stereocenters. The van der Waals surface area contributed by atoms with Gasteiger partial charge in [-0.3, -0.25) is 0 Å². The van der Waals surface area contributed by atoms with Crippen molar-refractivity contribution < 1.29 is 24.8 Å². The summed E-state index contributed by atoms with van der Waals surface area (Å²) in [6, 6.07) is 0. The van der Waals surface area contributed by atoms with Gasteiger partial charge >= 0.3 is 0 Å². The van der Waals surface area contributed by atoms with Crippen LogP contribution in [-0.4, -0.2) is 58.9 Å². The first kappa shape index (κ1) is 13.2. The molecule has 0 aliphatic carbocycles. The number of hydrogen-bond acceptors (Lipinski definition) is 6. The Morgan fingerprint density at radius 2 is 2.00 bits per heavy atom. The molecule has 0 aromatic heterocycles. The summed E-state index contributed by atoms with van der Waals surface area (Å²) in [6.45, 7) is 1.79. The minimum atomic E-state index is -1.07. The molecule has 0 amide bonds. The van der Waals surface area contributed by atoms with Gasteiger partial charge < -0.3 is 24.8 Å². The van der Waals surface area contributed by atoms with E-state index in [1.165, 1.54) is 0 Å². The third kappa shape index (κ3) is 3.05. The summed E-state index contributed by atoms with van der Waals surface area (Å²) in [6.07, 6.45) is -3.41. The van der Waals surface area contributed by atoms with Gasteiger partial charge in [0.15, 0.2) is 6.29 Å². The predicted molar refractivity (Wildman–Crippen MR) is 56.7 cm³/mol. The zero-order valence-corrected chi connectivity index (χ0v) is 9.51. The summed E-state index contributed by atoms with van der Waals surface area (Å²) in [5.74, 6) is 0.220. The van der Waals surface area contributed by atoms with Crippen LogP contribution in [0.1, 0.15) is 6.92 Å².